The van der Waals surface area contributed by atoms with Crippen molar-refractivity contribution in [3.63, 3.8) is 0 Å². The molecule has 0 aliphatic carbocycles. The van der Waals surface area contributed by atoms with Crippen LogP contribution >= 0.6 is 11.8 Å². The van der Waals surface area contributed by atoms with Crippen LogP contribution in [0.2, 0.25) is 0 Å². The number of ether oxygens (including phenoxy) is 2. The predicted molar refractivity (Wildman–Crippen MR) is 94.8 cm³/mol. The van der Waals surface area contributed by atoms with Gasteiger partial charge in [0.25, 0.3) is 0 Å². The first-order valence-corrected chi connectivity index (χ1v) is 8.91. The van der Waals surface area contributed by atoms with Gasteiger partial charge in [0.1, 0.15) is 0 Å². The number of rotatable bonds is 8. The number of hydrogen-bond acceptors (Lipinski definition) is 6. The topological polar surface area (TPSA) is 72.8 Å². The molecule has 1 aromatic carbocycles. The fourth-order valence-electron chi connectivity index (χ4n) is 1.76. The molecule has 0 saturated heterocycles. The summed E-state index contributed by atoms with van der Waals surface area (Å²) in [5.74, 6) is -2.11. The molecule has 0 unspecified atom stereocenters. The highest BCUT2D eigenvalue weighted by Gasteiger charge is 2.29. The molecule has 0 aliphatic rings. The van der Waals surface area contributed by atoms with Crippen molar-refractivity contribution < 1.29 is 37.3 Å². The number of thioether (sulfide) groups is 1. The van der Waals surface area contributed by atoms with Gasteiger partial charge in [-0.15, -0.1) is 11.8 Å². The molecule has 5 nitrogen and oxygen atoms in total. The van der Waals surface area contributed by atoms with Crippen molar-refractivity contribution in [2.45, 2.75) is 25.8 Å². The van der Waals surface area contributed by atoms with Crippen LogP contribution in [-0.2, 0) is 31.0 Å². The van der Waals surface area contributed by atoms with Crippen molar-refractivity contribution in [1.29, 1.82) is 0 Å². The third-order valence-corrected chi connectivity index (χ3v) is 4.12. The molecule has 1 rings (SSSR count). The number of benzene rings is 1. The molecule has 0 bridgehead atoms. The fraction of sp³-hybridized carbons (Fsp3) is 0.333. The summed E-state index contributed by atoms with van der Waals surface area (Å²) in [5.41, 5.74) is -0.207. The number of carbonyl (C=O) groups is 2. The molecular weight excluding hydrogens is 385 g/mol. The van der Waals surface area contributed by atoms with Gasteiger partial charge in [0, 0.05) is 5.75 Å². The summed E-state index contributed by atoms with van der Waals surface area (Å²) >= 11 is 1.00. The lowest BCUT2D eigenvalue weighted by molar-refractivity contribution is -0.141. The highest BCUT2D eigenvalue weighted by Crippen LogP contribution is 2.30. The molecule has 0 radical (unpaired) electrons. The Morgan fingerprint density at radius 3 is 2.11 bits per heavy atom. The molecule has 1 N–H and O–H groups in total. The van der Waals surface area contributed by atoms with Crippen LogP contribution in [-0.4, -0.2) is 30.3 Å². The average Bonchev–Trinajstić information content (AvgIpc) is 2.61. The lowest BCUT2D eigenvalue weighted by atomic mass is 10.1. The van der Waals surface area contributed by atoms with E-state index >= 15 is 0 Å². The van der Waals surface area contributed by atoms with Gasteiger partial charge in [-0.3, -0.25) is 0 Å². The van der Waals surface area contributed by atoms with E-state index in [0.29, 0.717) is 5.56 Å². The largest absolute Gasteiger partial charge is 0.502 e. The Kier molecular flexibility index (Phi) is 8.93. The van der Waals surface area contributed by atoms with Crippen LogP contribution in [0.3, 0.4) is 0 Å². The number of allylic oxidation sites excluding steroid dienone is 2. The highest BCUT2D eigenvalue weighted by atomic mass is 32.2. The Hall–Kier alpha value is -2.42. The van der Waals surface area contributed by atoms with Gasteiger partial charge in [-0.2, -0.15) is 13.2 Å². The van der Waals surface area contributed by atoms with Gasteiger partial charge in [-0.25, -0.2) is 9.59 Å². The third-order valence-electron chi connectivity index (χ3n) is 3.03. The maximum absolute atomic E-state index is 12.6. The summed E-state index contributed by atoms with van der Waals surface area (Å²) in [4.78, 5) is 23.4. The first kappa shape index (κ1) is 22.6. The van der Waals surface area contributed by atoms with Crippen LogP contribution in [0.15, 0.2) is 47.1 Å². The van der Waals surface area contributed by atoms with E-state index in [1.807, 2.05) is 0 Å². The van der Waals surface area contributed by atoms with Gasteiger partial charge in [-0.05, 0) is 43.7 Å². The van der Waals surface area contributed by atoms with Crippen molar-refractivity contribution in [3.05, 3.63) is 58.2 Å². The maximum Gasteiger partial charge on any atom is 0.416 e. The summed E-state index contributed by atoms with van der Waals surface area (Å²) < 4.78 is 47.2. The van der Waals surface area contributed by atoms with Crippen LogP contribution in [0.5, 0.6) is 0 Å². The number of aliphatic hydroxyl groups excluding tert-OH is 1. The zero-order valence-corrected chi connectivity index (χ0v) is 15.5. The molecule has 27 heavy (non-hydrogen) atoms. The van der Waals surface area contributed by atoms with E-state index in [-0.39, 0.29) is 23.9 Å². The summed E-state index contributed by atoms with van der Waals surface area (Å²) in [6, 6.07) is 4.53. The van der Waals surface area contributed by atoms with Crippen LogP contribution in [0.4, 0.5) is 13.2 Å². The first-order valence-electron chi connectivity index (χ1n) is 7.93. The van der Waals surface area contributed by atoms with Crippen molar-refractivity contribution >= 4 is 23.7 Å². The van der Waals surface area contributed by atoms with E-state index in [4.69, 9.17) is 4.74 Å². The molecule has 0 heterocycles. The summed E-state index contributed by atoms with van der Waals surface area (Å²) in [7, 11) is 0. The molecule has 0 aliphatic heterocycles. The van der Waals surface area contributed by atoms with Crippen LogP contribution in [0.25, 0.3) is 0 Å². The maximum atomic E-state index is 12.6. The van der Waals surface area contributed by atoms with Crippen molar-refractivity contribution in [3.8, 4) is 0 Å². The second-order valence-electron chi connectivity index (χ2n) is 5.01. The molecule has 9 heteroatoms. The number of hydrogen-bond donors (Lipinski definition) is 1. The normalized spacial score (nSPS) is 12.6. The smallest absolute Gasteiger partial charge is 0.416 e. The predicted octanol–water partition coefficient (Wildman–Crippen LogP) is 4.39. The van der Waals surface area contributed by atoms with E-state index in [0.717, 1.165) is 30.0 Å². The van der Waals surface area contributed by atoms with E-state index in [2.05, 4.69) is 4.74 Å². The fourth-order valence-corrected chi connectivity index (χ4v) is 2.61. The van der Waals surface area contributed by atoms with Gasteiger partial charge >= 0.3 is 18.1 Å². The Bertz CT molecular complexity index is 709. The minimum atomic E-state index is -4.42. The molecule has 0 fully saturated rings. The summed E-state index contributed by atoms with van der Waals surface area (Å²) in [6.07, 6.45) is -2.22. The van der Waals surface area contributed by atoms with Gasteiger partial charge in [0.15, 0.2) is 0 Å². The first-order chi connectivity index (χ1) is 12.7. The van der Waals surface area contributed by atoms with E-state index in [1.54, 1.807) is 13.8 Å². The Balaban J connectivity index is 2.89. The number of alkyl halides is 3. The minimum Gasteiger partial charge on any atom is -0.502 e. The zero-order chi connectivity index (χ0) is 20.4. The molecule has 148 valence electrons. The number of carbonyl (C=O) groups excluding carboxylic acids is 2. The summed E-state index contributed by atoms with van der Waals surface area (Å²) in [6.45, 7) is 3.38. The molecule has 0 spiro atoms. The molecule has 0 aromatic heterocycles. The highest BCUT2D eigenvalue weighted by molar-refractivity contribution is 8.03. The lowest BCUT2D eigenvalue weighted by Gasteiger charge is -2.09. The van der Waals surface area contributed by atoms with Gasteiger partial charge in [-0.1, -0.05) is 12.1 Å². The Morgan fingerprint density at radius 1 is 1.04 bits per heavy atom. The van der Waals surface area contributed by atoms with E-state index in [9.17, 15) is 27.9 Å². The zero-order valence-electron chi connectivity index (χ0n) is 14.7. The second-order valence-corrected chi connectivity index (χ2v) is 6.02. The number of esters is 2. The van der Waals surface area contributed by atoms with Crippen LogP contribution in [0.1, 0.15) is 25.0 Å². The van der Waals surface area contributed by atoms with Crippen LogP contribution in [0, 0.1) is 0 Å². The average molecular weight is 404 g/mol. The number of halogens is 3. The Labute approximate surface area is 158 Å². The SMILES string of the molecule is CCOC(=O)C(O)=CC=C(SCc1ccc(C(F)(F)F)cc1)C(=O)OCC. The molecule has 0 saturated carbocycles. The monoisotopic (exact) mass is 404 g/mol. The summed E-state index contributed by atoms with van der Waals surface area (Å²) in [5, 5.41) is 9.58. The Morgan fingerprint density at radius 2 is 1.59 bits per heavy atom. The van der Waals surface area contributed by atoms with Crippen molar-refractivity contribution in [1.82, 2.24) is 0 Å². The minimum absolute atomic E-state index is 0.0765. The lowest BCUT2D eigenvalue weighted by Crippen LogP contribution is -2.08. The van der Waals surface area contributed by atoms with E-state index < -0.39 is 29.4 Å². The molecule has 1 aromatic rings. The van der Waals surface area contributed by atoms with Crippen molar-refractivity contribution in [2.24, 2.45) is 0 Å². The second kappa shape index (κ2) is 10.7. The van der Waals surface area contributed by atoms with Crippen LogP contribution < -0.4 is 0 Å². The standard InChI is InChI=1S/C18H19F3O5S/c1-3-25-16(23)14(22)9-10-15(17(24)26-4-2)27-11-12-5-7-13(8-6-12)18(19,20)21/h5-10,22H,3-4,11H2,1-2H3. The molecular formula is C18H19F3O5S. The van der Waals surface area contributed by atoms with Crippen molar-refractivity contribution in [2.75, 3.05) is 13.2 Å². The molecule has 0 atom stereocenters. The quantitative estimate of drug-likeness (QED) is 0.300. The van der Waals surface area contributed by atoms with Gasteiger partial charge in [0.05, 0.1) is 23.7 Å². The van der Waals surface area contributed by atoms with E-state index in [1.165, 1.54) is 18.2 Å². The third kappa shape index (κ3) is 7.78. The number of aliphatic hydroxyl groups is 1. The molecule has 0 amide bonds. The van der Waals surface area contributed by atoms with Gasteiger partial charge in [0.2, 0.25) is 5.76 Å². The van der Waals surface area contributed by atoms with Gasteiger partial charge < -0.3 is 14.6 Å².